The Balaban J connectivity index is 1.55. The number of para-hydroxylation sites is 1. The molecule has 4 nitrogen and oxygen atoms in total. The van der Waals surface area contributed by atoms with Gasteiger partial charge in [-0.15, -0.1) is 0 Å². The molecule has 0 saturated carbocycles. The van der Waals surface area contributed by atoms with E-state index in [1.807, 2.05) is 78.9 Å². The molecule has 6 heteroatoms. The third-order valence-electron chi connectivity index (χ3n) is 4.97. The monoisotopic (exact) mass is 443 g/mol. The van der Waals surface area contributed by atoms with E-state index in [0.717, 1.165) is 33.2 Å². The molecular weight excluding hydrogens is 426 g/mol. The van der Waals surface area contributed by atoms with E-state index in [1.54, 1.807) is 6.26 Å². The van der Waals surface area contributed by atoms with E-state index in [0.29, 0.717) is 21.6 Å². The van der Waals surface area contributed by atoms with E-state index in [4.69, 9.17) is 21.4 Å². The Morgan fingerprint density at radius 3 is 2.65 bits per heavy atom. The van der Waals surface area contributed by atoms with E-state index in [2.05, 4.69) is 5.32 Å². The van der Waals surface area contributed by atoms with Crippen LogP contribution in [-0.2, 0) is 11.4 Å². The molecule has 5 rings (SSSR count). The zero-order chi connectivity index (χ0) is 21.2. The zero-order valence-corrected chi connectivity index (χ0v) is 18.0. The highest BCUT2D eigenvalue weighted by atomic mass is 32.2. The minimum atomic E-state index is -0.192. The number of rotatable bonds is 5. The highest BCUT2D eigenvalue weighted by Gasteiger charge is 2.23. The molecule has 1 aliphatic rings. The molecule has 0 bridgehead atoms. The summed E-state index contributed by atoms with van der Waals surface area (Å²) in [5, 5.41) is 3.70. The van der Waals surface area contributed by atoms with Gasteiger partial charge in [0.1, 0.15) is 22.3 Å². The lowest BCUT2D eigenvalue weighted by Gasteiger charge is -2.12. The average molecular weight is 444 g/mol. The van der Waals surface area contributed by atoms with Crippen LogP contribution in [0.4, 0.5) is 0 Å². The number of benzene rings is 3. The Morgan fingerprint density at radius 1 is 1.03 bits per heavy atom. The average Bonchev–Trinajstić information content (AvgIpc) is 3.36. The molecule has 1 fully saturated rings. The fourth-order valence-corrected chi connectivity index (χ4v) is 4.49. The van der Waals surface area contributed by atoms with Crippen molar-refractivity contribution in [2.45, 2.75) is 6.61 Å². The fourth-order valence-electron chi connectivity index (χ4n) is 3.46. The van der Waals surface area contributed by atoms with Crippen LogP contribution in [0, 0.1) is 0 Å². The van der Waals surface area contributed by atoms with Crippen molar-refractivity contribution >= 4 is 51.3 Å². The van der Waals surface area contributed by atoms with E-state index >= 15 is 0 Å². The summed E-state index contributed by atoms with van der Waals surface area (Å²) in [6.07, 6.45) is 3.58. The Labute approximate surface area is 188 Å². The van der Waals surface area contributed by atoms with Crippen molar-refractivity contribution in [1.29, 1.82) is 0 Å². The predicted molar refractivity (Wildman–Crippen MR) is 129 cm³/mol. The number of hydrogen-bond acceptors (Lipinski definition) is 5. The Morgan fingerprint density at radius 2 is 1.84 bits per heavy atom. The number of nitrogens with one attached hydrogen (secondary N) is 1. The molecule has 152 valence electrons. The quantitative estimate of drug-likeness (QED) is 0.295. The molecule has 0 radical (unpaired) electrons. The van der Waals surface area contributed by atoms with Gasteiger partial charge in [-0.2, -0.15) is 0 Å². The van der Waals surface area contributed by atoms with Crippen molar-refractivity contribution in [2.75, 3.05) is 0 Å². The maximum absolute atomic E-state index is 12.2. The van der Waals surface area contributed by atoms with E-state index in [-0.39, 0.29) is 5.91 Å². The maximum Gasteiger partial charge on any atom is 0.263 e. The summed E-state index contributed by atoms with van der Waals surface area (Å²) in [4.78, 5) is 12.8. The number of amides is 1. The third kappa shape index (κ3) is 4.13. The lowest BCUT2D eigenvalue weighted by Crippen LogP contribution is -2.17. The standard InChI is InChI=1S/C25H17NO3S2/c27-24-23(31-25(30)26-24)13-18-12-17(20-15-29-22-9-5-4-8-19(20)22)10-11-21(18)28-14-16-6-2-1-3-7-16/h1-13,15H,14H2,(H,26,27,30)/b23-13-. The van der Waals surface area contributed by atoms with Gasteiger partial charge in [0, 0.05) is 16.5 Å². The molecule has 0 aliphatic carbocycles. The number of thioether (sulfide) groups is 1. The van der Waals surface area contributed by atoms with E-state index in [9.17, 15) is 4.79 Å². The molecular formula is C25H17NO3S2. The highest BCUT2D eigenvalue weighted by molar-refractivity contribution is 8.26. The summed E-state index contributed by atoms with van der Waals surface area (Å²) < 4.78 is 12.3. The summed E-state index contributed by atoms with van der Waals surface area (Å²) in [6.45, 7) is 0.433. The second-order valence-electron chi connectivity index (χ2n) is 7.02. The number of fused-ring (bicyclic) bond motifs is 1. The fraction of sp³-hybridized carbons (Fsp3) is 0.0400. The summed E-state index contributed by atoms with van der Waals surface area (Å²) >= 11 is 6.38. The van der Waals surface area contributed by atoms with Gasteiger partial charge in [0.25, 0.3) is 5.91 Å². The van der Waals surface area contributed by atoms with Gasteiger partial charge in [0.15, 0.2) is 0 Å². The Kier molecular flexibility index (Phi) is 5.32. The molecule has 4 aromatic rings. The zero-order valence-electron chi connectivity index (χ0n) is 16.3. The molecule has 1 aliphatic heterocycles. The number of hydrogen-bond donors (Lipinski definition) is 1. The first-order valence-corrected chi connectivity index (χ1v) is 10.9. The topological polar surface area (TPSA) is 51.5 Å². The van der Waals surface area contributed by atoms with Gasteiger partial charge in [0.05, 0.1) is 11.2 Å². The van der Waals surface area contributed by atoms with Crippen LogP contribution in [0.3, 0.4) is 0 Å². The number of carbonyl (C=O) groups is 1. The minimum absolute atomic E-state index is 0.192. The minimum Gasteiger partial charge on any atom is -0.488 e. The van der Waals surface area contributed by atoms with Gasteiger partial charge in [0.2, 0.25) is 0 Å². The maximum atomic E-state index is 12.2. The number of thiocarbonyl (C=S) groups is 1. The van der Waals surface area contributed by atoms with Crippen LogP contribution in [0.15, 0.2) is 88.4 Å². The van der Waals surface area contributed by atoms with Crippen LogP contribution in [0.2, 0.25) is 0 Å². The summed E-state index contributed by atoms with van der Waals surface area (Å²) in [7, 11) is 0. The molecule has 1 amide bonds. The normalized spacial score (nSPS) is 14.9. The van der Waals surface area contributed by atoms with Gasteiger partial charge < -0.3 is 14.5 Å². The number of carbonyl (C=O) groups excluding carboxylic acids is 1. The van der Waals surface area contributed by atoms with Crippen molar-refractivity contribution in [3.05, 3.63) is 95.1 Å². The molecule has 1 N–H and O–H groups in total. The van der Waals surface area contributed by atoms with Crippen molar-refractivity contribution < 1.29 is 13.9 Å². The van der Waals surface area contributed by atoms with Crippen LogP contribution < -0.4 is 10.1 Å². The van der Waals surface area contributed by atoms with Crippen molar-refractivity contribution in [1.82, 2.24) is 5.32 Å². The molecule has 1 saturated heterocycles. The van der Waals surface area contributed by atoms with Gasteiger partial charge in [-0.05, 0) is 35.4 Å². The number of ether oxygens (including phenoxy) is 1. The molecule has 31 heavy (non-hydrogen) atoms. The summed E-state index contributed by atoms with van der Waals surface area (Å²) in [5.41, 5.74) is 4.68. The second kappa shape index (κ2) is 8.41. The smallest absolute Gasteiger partial charge is 0.263 e. The molecule has 2 heterocycles. The van der Waals surface area contributed by atoms with Gasteiger partial charge in [-0.3, -0.25) is 4.79 Å². The van der Waals surface area contributed by atoms with Crippen LogP contribution in [-0.4, -0.2) is 10.2 Å². The second-order valence-corrected chi connectivity index (χ2v) is 8.74. The lowest BCUT2D eigenvalue weighted by molar-refractivity contribution is -0.115. The first kappa shape index (κ1) is 19.6. The van der Waals surface area contributed by atoms with Gasteiger partial charge in [-0.25, -0.2) is 0 Å². The highest BCUT2D eigenvalue weighted by Crippen LogP contribution is 2.36. The van der Waals surface area contributed by atoms with Crippen LogP contribution in [0.25, 0.3) is 28.2 Å². The number of furan rings is 1. The molecule has 0 unspecified atom stereocenters. The van der Waals surface area contributed by atoms with Gasteiger partial charge in [-0.1, -0.05) is 78.6 Å². The first-order valence-electron chi connectivity index (χ1n) is 9.69. The third-order valence-corrected chi connectivity index (χ3v) is 6.13. The summed E-state index contributed by atoms with van der Waals surface area (Å²) in [6, 6.07) is 23.8. The van der Waals surface area contributed by atoms with Crippen LogP contribution in [0.5, 0.6) is 5.75 Å². The Hall–Kier alpha value is -3.35. The van der Waals surface area contributed by atoms with Crippen molar-refractivity contribution in [3.8, 4) is 16.9 Å². The largest absolute Gasteiger partial charge is 0.488 e. The van der Waals surface area contributed by atoms with E-state index < -0.39 is 0 Å². The van der Waals surface area contributed by atoms with Crippen molar-refractivity contribution in [3.63, 3.8) is 0 Å². The SMILES string of the molecule is O=C1NC(=S)S/C1=C\c1cc(-c2coc3ccccc23)ccc1OCc1ccccc1. The van der Waals surface area contributed by atoms with Crippen LogP contribution in [0.1, 0.15) is 11.1 Å². The molecule has 0 atom stereocenters. The molecule has 3 aromatic carbocycles. The summed E-state index contributed by atoms with van der Waals surface area (Å²) in [5.74, 6) is 0.502. The lowest BCUT2D eigenvalue weighted by atomic mass is 10.0. The van der Waals surface area contributed by atoms with E-state index in [1.165, 1.54) is 11.8 Å². The Bertz CT molecular complexity index is 1330. The van der Waals surface area contributed by atoms with Gasteiger partial charge >= 0.3 is 0 Å². The predicted octanol–water partition coefficient (Wildman–Crippen LogP) is 6.17. The molecule has 0 spiro atoms. The first-order chi connectivity index (χ1) is 15.2. The van der Waals surface area contributed by atoms with Crippen molar-refractivity contribution in [2.24, 2.45) is 0 Å². The molecule has 1 aromatic heterocycles. The van der Waals surface area contributed by atoms with Crippen LogP contribution >= 0.6 is 24.0 Å².